The standard InChI is InChI=1S/C7H14O4S/c1-3-4-12(9,10)6-11-5-7(2)8/h3-6H2,1-2H3. The molecule has 0 spiro atoms. The summed E-state index contributed by atoms with van der Waals surface area (Å²) in [5, 5.41) is 0. The van der Waals surface area contributed by atoms with E-state index in [2.05, 4.69) is 4.74 Å². The minimum atomic E-state index is -3.10. The number of Topliss-reactive ketones (excluding diaryl/α,β-unsaturated/α-hetero) is 1. The van der Waals surface area contributed by atoms with Crippen LogP contribution in [-0.4, -0.2) is 32.5 Å². The highest BCUT2D eigenvalue weighted by molar-refractivity contribution is 7.91. The van der Waals surface area contributed by atoms with E-state index in [0.717, 1.165) is 0 Å². The molecule has 0 radical (unpaired) electrons. The van der Waals surface area contributed by atoms with Crippen molar-refractivity contribution in [3.63, 3.8) is 0 Å². The van der Waals surface area contributed by atoms with Gasteiger partial charge in [0.25, 0.3) is 0 Å². The molecular formula is C7H14O4S. The zero-order chi connectivity index (χ0) is 9.61. The van der Waals surface area contributed by atoms with Crippen LogP contribution in [-0.2, 0) is 19.4 Å². The summed E-state index contributed by atoms with van der Waals surface area (Å²) < 4.78 is 26.6. The van der Waals surface area contributed by atoms with Crippen LogP contribution in [0.2, 0.25) is 0 Å². The Morgan fingerprint density at radius 2 is 2.00 bits per heavy atom. The van der Waals surface area contributed by atoms with Crippen molar-refractivity contribution >= 4 is 15.6 Å². The highest BCUT2D eigenvalue weighted by Crippen LogP contribution is 1.94. The van der Waals surface area contributed by atoms with Crippen molar-refractivity contribution in [2.45, 2.75) is 20.3 Å². The van der Waals surface area contributed by atoms with E-state index in [-0.39, 0.29) is 24.1 Å². The zero-order valence-electron chi connectivity index (χ0n) is 7.37. The Hall–Kier alpha value is -0.420. The molecule has 0 aromatic heterocycles. The average Bonchev–Trinajstić information content (AvgIpc) is 1.85. The van der Waals surface area contributed by atoms with E-state index in [1.165, 1.54) is 6.92 Å². The molecule has 0 atom stereocenters. The Labute approximate surface area is 72.8 Å². The second kappa shape index (κ2) is 5.27. The van der Waals surface area contributed by atoms with Crippen molar-refractivity contribution in [3.8, 4) is 0 Å². The lowest BCUT2D eigenvalue weighted by Crippen LogP contribution is -2.15. The molecule has 0 amide bonds. The van der Waals surface area contributed by atoms with Crippen LogP contribution >= 0.6 is 0 Å². The van der Waals surface area contributed by atoms with E-state index >= 15 is 0 Å². The van der Waals surface area contributed by atoms with Gasteiger partial charge in [-0.2, -0.15) is 0 Å². The van der Waals surface area contributed by atoms with Gasteiger partial charge in [-0.25, -0.2) is 8.42 Å². The molecule has 0 heterocycles. The van der Waals surface area contributed by atoms with Crippen molar-refractivity contribution < 1.29 is 17.9 Å². The maximum Gasteiger partial charge on any atom is 0.174 e. The Morgan fingerprint density at radius 1 is 1.42 bits per heavy atom. The molecule has 0 unspecified atom stereocenters. The van der Waals surface area contributed by atoms with Gasteiger partial charge in [0.1, 0.15) is 12.5 Å². The van der Waals surface area contributed by atoms with Crippen molar-refractivity contribution in [2.75, 3.05) is 18.3 Å². The molecule has 0 saturated carbocycles. The summed E-state index contributed by atoms with van der Waals surface area (Å²) in [6.45, 7) is 3.01. The monoisotopic (exact) mass is 194 g/mol. The minimum absolute atomic E-state index is 0.116. The van der Waals surface area contributed by atoms with Gasteiger partial charge in [0.15, 0.2) is 15.6 Å². The highest BCUT2D eigenvalue weighted by Gasteiger charge is 2.09. The Kier molecular flexibility index (Phi) is 5.08. The van der Waals surface area contributed by atoms with Crippen molar-refractivity contribution in [1.29, 1.82) is 0 Å². The lowest BCUT2D eigenvalue weighted by molar-refractivity contribution is -0.120. The molecule has 4 nitrogen and oxygen atoms in total. The molecule has 0 N–H and O–H groups in total. The largest absolute Gasteiger partial charge is 0.358 e. The molecule has 0 aliphatic rings. The van der Waals surface area contributed by atoms with Crippen LogP contribution in [0.3, 0.4) is 0 Å². The predicted molar refractivity (Wildman–Crippen MR) is 45.6 cm³/mol. The Morgan fingerprint density at radius 3 is 2.42 bits per heavy atom. The van der Waals surface area contributed by atoms with Crippen LogP contribution in [0.15, 0.2) is 0 Å². The first-order valence-corrected chi connectivity index (χ1v) is 5.57. The van der Waals surface area contributed by atoms with Gasteiger partial charge in [-0.05, 0) is 13.3 Å². The van der Waals surface area contributed by atoms with Crippen LogP contribution in [0, 0.1) is 0 Å². The number of hydrogen-bond donors (Lipinski definition) is 0. The van der Waals surface area contributed by atoms with Gasteiger partial charge in [-0.1, -0.05) is 6.92 Å². The molecule has 0 rings (SSSR count). The summed E-state index contributed by atoms with van der Waals surface area (Å²) in [5.74, 6) is -0.396. The molecule has 0 aromatic carbocycles. The van der Waals surface area contributed by atoms with Gasteiger partial charge < -0.3 is 4.74 Å². The number of sulfone groups is 1. The van der Waals surface area contributed by atoms with E-state index in [1.54, 1.807) is 6.92 Å². The molecule has 0 aliphatic carbocycles. The van der Waals surface area contributed by atoms with Gasteiger partial charge >= 0.3 is 0 Å². The van der Waals surface area contributed by atoms with Gasteiger partial charge in [-0.15, -0.1) is 0 Å². The van der Waals surface area contributed by atoms with Crippen molar-refractivity contribution in [3.05, 3.63) is 0 Å². The normalized spacial score (nSPS) is 11.5. The fraction of sp³-hybridized carbons (Fsp3) is 0.857. The molecule has 72 valence electrons. The molecule has 0 fully saturated rings. The third kappa shape index (κ3) is 6.30. The van der Waals surface area contributed by atoms with Crippen LogP contribution in [0.1, 0.15) is 20.3 Å². The summed E-state index contributed by atoms with van der Waals surface area (Å²) in [6, 6.07) is 0. The Balaban J connectivity index is 3.69. The van der Waals surface area contributed by atoms with E-state index < -0.39 is 9.84 Å². The smallest absolute Gasteiger partial charge is 0.174 e. The molecule has 5 heteroatoms. The number of ketones is 1. The fourth-order valence-corrected chi connectivity index (χ4v) is 1.76. The SMILES string of the molecule is CCCS(=O)(=O)COCC(C)=O. The predicted octanol–water partition coefficient (Wildman–Crippen LogP) is 0.374. The molecule has 12 heavy (non-hydrogen) atoms. The first kappa shape index (κ1) is 11.6. The maximum absolute atomic E-state index is 11.0. The quantitative estimate of drug-likeness (QED) is 0.613. The van der Waals surface area contributed by atoms with Crippen LogP contribution in [0.4, 0.5) is 0 Å². The van der Waals surface area contributed by atoms with Crippen molar-refractivity contribution in [2.24, 2.45) is 0 Å². The third-order valence-corrected chi connectivity index (χ3v) is 2.64. The summed E-state index contributed by atoms with van der Waals surface area (Å²) in [4.78, 5) is 10.4. The molecule has 0 bridgehead atoms. The second-order valence-electron chi connectivity index (χ2n) is 2.62. The zero-order valence-corrected chi connectivity index (χ0v) is 8.19. The van der Waals surface area contributed by atoms with Gasteiger partial charge in [0, 0.05) is 0 Å². The average molecular weight is 194 g/mol. The Bertz CT molecular complexity index is 230. The fourth-order valence-electron chi connectivity index (χ4n) is 0.682. The number of hydrogen-bond acceptors (Lipinski definition) is 4. The third-order valence-electron chi connectivity index (χ3n) is 1.08. The van der Waals surface area contributed by atoms with Gasteiger partial charge in [0.05, 0.1) is 5.75 Å². The maximum atomic E-state index is 11.0. The van der Waals surface area contributed by atoms with E-state index in [9.17, 15) is 13.2 Å². The second-order valence-corrected chi connectivity index (χ2v) is 4.75. The van der Waals surface area contributed by atoms with Crippen LogP contribution in [0.5, 0.6) is 0 Å². The van der Waals surface area contributed by atoms with Crippen LogP contribution in [0.25, 0.3) is 0 Å². The lowest BCUT2D eigenvalue weighted by Gasteiger charge is -2.01. The first-order valence-electron chi connectivity index (χ1n) is 3.75. The van der Waals surface area contributed by atoms with Crippen LogP contribution < -0.4 is 0 Å². The molecular weight excluding hydrogens is 180 g/mol. The molecule has 0 aromatic rings. The summed E-state index contributed by atoms with van der Waals surface area (Å²) in [7, 11) is -3.10. The van der Waals surface area contributed by atoms with Gasteiger partial charge in [-0.3, -0.25) is 4.79 Å². The number of ether oxygens (including phenoxy) is 1. The molecule has 0 saturated heterocycles. The van der Waals surface area contributed by atoms with Gasteiger partial charge in [0.2, 0.25) is 0 Å². The minimum Gasteiger partial charge on any atom is -0.358 e. The van der Waals surface area contributed by atoms with E-state index in [1.807, 2.05) is 0 Å². The summed E-state index contributed by atoms with van der Waals surface area (Å²) in [6.07, 6.45) is 0.575. The topological polar surface area (TPSA) is 60.4 Å². The number of rotatable bonds is 6. The lowest BCUT2D eigenvalue weighted by atomic mass is 10.5. The van der Waals surface area contributed by atoms with E-state index in [4.69, 9.17) is 0 Å². The first-order chi connectivity index (χ1) is 5.48. The number of carbonyl (C=O) groups excluding carboxylic acids is 1. The summed E-state index contributed by atoms with van der Waals surface area (Å²) in [5.41, 5.74) is 0. The highest BCUT2D eigenvalue weighted by atomic mass is 32.2. The van der Waals surface area contributed by atoms with E-state index in [0.29, 0.717) is 6.42 Å². The van der Waals surface area contributed by atoms with Crippen molar-refractivity contribution in [1.82, 2.24) is 0 Å². The molecule has 0 aliphatic heterocycles. The number of carbonyl (C=O) groups is 1. The summed E-state index contributed by atoms with van der Waals surface area (Å²) >= 11 is 0.